The molecule has 0 unspecified atom stereocenters. The van der Waals surface area contributed by atoms with E-state index in [4.69, 9.17) is 11.6 Å². The van der Waals surface area contributed by atoms with Crippen molar-refractivity contribution in [2.24, 2.45) is 5.29 Å². The number of anilines is 1. The van der Waals surface area contributed by atoms with Crippen molar-refractivity contribution in [3.05, 3.63) is 34.7 Å². The lowest BCUT2D eigenvalue weighted by atomic mass is 10.2. The van der Waals surface area contributed by atoms with E-state index in [2.05, 4.69) is 5.29 Å². The summed E-state index contributed by atoms with van der Waals surface area (Å²) in [5.74, 6) is -0.801. The van der Waals surface area contributed by atoms with Gasteiger partial charge in [0.25, 0.3) is 5.91 Å². The van der Waals surface area contributed by atoms with Gasteiger partial charge in [-0.3, -0.25) is 4.79 Å². The van der Waals surface area contributed by atoms with Crippen LogP contribution in [0.1, 0.15) is 5.56 Å². The molecule has 4 nitrogen and oxygen atoms in total. The number of hydrogen-bond donors (Lipinski definition) is 0. The number of nitrogens with zero attached hydrogens (tertiary/aromatic N) is 2. The minimum atomic E-state index is -0.537. The number of rotatable bonds is 3. The number of amides is 1. The molecule has 0 aliphatic heterocycles. The molecule has 0 aromatic heterocycles. The minimum absolute atomic E-state index is 0.264. The molecule has 0 aliphatic rings. The zero-order valence-corrected chi connectivity index (χ0v) is 8.36. The van der Waals surface area contributed by atoms with Crippen LogP contribution < -0.4 is 5.01 Å². The zero-order chi connectivity index (χ0) is 10.6. The highest BCUT2D eigenvalue weighted by Gasteiger charge is 2.14. The normalized spacial score (nSPS) is 9.57. The van der Waals surface area contributed by atoms with Crippen LogP contribution in [0.5, 0.6) is 0 Å². The van der Waals surface area contributed by atoms with Gasteiger partial charge >= 0.3 is 0 Å². The first-order valence-corrected chi connectivity index (χ1v) is 4.51. The summed E-state index contributed by atoms with van der Waals surface area (Å²) in [5.41, 5.74) is 1.47. The Balaban J connectivity index is 2.95. The van der Waals surface area contributed by atoms with Crippen LogP contribution in [0.15, 0.2) is 29.6 Å². The average Bonchev–Trinajstić information content (AvgIpc) is 2.21. The van der Waals surface area contributed by atoms with E-state index in [9.17, 15) is 9.70 Å². The average molecular weight is 213 g/mol. The third-order valence-electron chi connectivity index (χ3n) is 1.71. The molecular weight excluding hydrogens is 204 g/mol. The van der Waals surface area contributed by atoms with Crippen molar-refractivity contribution in [3.63, 3.8) is 0 Å². The number of hydrogen-bond acceptors (Lipinski definition) is 3. The molecule has 0 heterocycles. The van der Waals surface area contributed by atoms with E-state index in [1.807, 2.05) is 6.92 Å². The maximum Gasteiger partial charge on any atom is 0.264 e. The highest BCUT2D eigenvalue weighted by atomic mass is 35.5. The highest BCUT2D eigenvalue weighted by molar-refractivity contribution is 6.29. The van der Waals surface area contributed by atoms with E-state index in [-0.39, 0.29) is 5.88 Å². The maximum absolute atomic E-state index is 11.1. The molecule has 0 aliphatic carbocycles. The minimum Gasteiger partial charge on any atom is -0.271 e. The summed E-state index contributed by atoms with van der Waals surface area (Å²) >= 11 is 5.32. The van der Waals surface area contributed by atoms with Gasteiger partial charge in [0.05, 0.1) is 11.0 Å². The van der Waals surface area contributed by atoms with Crippen molar-refractivity contribution in [2.45, 2.75) is 6.92 Å². The number of benzene rings is 1. The van der Waals surface area contributed by atoms with Gasteiger partial charge < -0.3 is 0 Å². The van der Waals surface area contributed by atoms with Crippen molar-refractivity contribution >= 4 is 23.2 Å². The first kappa shape index (κ1) is 10.7. The van der Waals surface area contributed by atoms with E-state index in [0.29, 0.717) is 5.69 Å². The van der Waals surface area contributed by atoms with Crippen LogP contribution in [-0.4, -0.2) is 11.8 Å². The van der Waals surface area contributed by atoms with Crippen LogP contribution in [0.4, 0.5) is 5.69 Å². The Hall–Kier alpha value is -1.42. The molecule has 5 heteroatoms. The lowest BCUT2D eigenvalue weighted by Crippen LogP contribution is -2.25. The Kier molecular flexibility index (Phi) is 3.59. The van der Waals surface area contributed by atoms with Crippen LogP contribution in [-0.2, 0) is 4.79 Å². The predicted molar refractivity (Wildman–Crippen MR) is 55.2 cm³/mol. The standard InChI is InChI=1S/C9H9ClN2O2/c1-7-2-4-8(5-3-7)12(11-14)9(13)6-10/h2-5H,6H2,1H3. The van der Waals surface area contributed by atoms with Crippen LogP contribution in [0, 0.1) is 11.8 Å². The van der Waals surface area contributed by atoms with Crippen LogP contribution >= 0.6 is 11.6 Å². The fourth-order valence-electron chi connectivity index (χ4n) is 0.979. The number of carbonyl (C=O) groups is 1. The molecule has 14 heavy (non-hydrogen) atoms. The third kappa shape index (κ3) is 2.29. The molecule has 1 rings (SSSR count). The molecule has 1 aromatic rings. The second kappa shape index (κ2) is 4.72. The van der Waals surface area contributed by atoms with Gasteiger partial charge in [-0.25, -0.2) is 0 Å². The highest BCUT2D eigenvalue weighted by Crippen LogP contribution is 2.15. The number of halogens is 1. The Morgan fingerprint density at radius 2 is 2.00 bits per heavy atom. The van der Waals surface area contributed by atoms with E-state index in [0.717, 1.165) is 10.6 Å². The third-order valence-corrected chi connectivity index (χ3v) is 1.94. The molecule has 0 spiro atoms. The lowest BCUT2D eigenvalue weighted by molar-refractivity contribution is -0.116. The van der Waals surface area contributed by atoms with Gasteiger partial charge in [-0.05, 0) is 19.1 Å². The fraction of sp³-hybridized carbons (Fsp3) is 0.222. The smallest absolute Gasteiger partial charge is 0.264 e. The van der Waals surface area contributed by atoms with Gasteiger partial charge in [-0.2, -0.15) is 5.01 Å². The van der Waals surface area contributed by atoms with Crippen molar-refractivity contribution in [1.82, 2.24) is 0 Å². The first-order chi connectivity index (χ1) is 6.69. The maximum atomic E-state index is 11.1. The van der Waals surface area contributed by atoms with Gasteiger partial charge in [-0.15, -0.1) is 16.5 Å². The lowest BCUT2D eigenvalue weighted by Gasteiger charge is -2.11. The molecule has 1 aromatic carbocycles. The fourth-order valence-corrected chi connectivity index (χ4v) is 1.09. The number of aryl methyl sites for hydroxylation is 1. The molecule has 0 saturated carbocycles. The molecule has 0 saturated heterocycles. The molecular formula is C9H9ClN2O2. The summed E-state index contributed by atoms with van der Waals surface area (Å²) in [5, 5.41) is 3.35. The summed E-state index contributed by atoms with van der Waals surface area (Å²) in [6.07, 6.45) is 0. The van der Waals surface area contributed by atoms with E-state index in [1.54, 1.807) is 24.3 Å². The monoisotopic (exact) mass is 212 g/mol. The molecule has 0 atom stereocenters. The van der Waals surface area contributed by atoms with E-state index in [1.165, 1.54) is 0 Å². The summed E-state index contributed by atoms with van der Waals surface area (Å²) in [6.45, 7) is 1.91. The molecule has 0 radical (unpaired) electrons. The van der Waals surface area contributed by atoms with Gasteiger partial charge in [0.2, 0.25) is 0 Å². The van der Waals surface area contributed by atoms with Gasteiger partial charge in [-0.1, -0.05) is 17.7 Å². The van der Waals surface area contributed by atoms with E-state index >= 15 is 0 Å². The molecule has 74 valence electrons. The number of carbonyl (C=O) groups excluding carboxylic acids is 1. The summed E-state index contributed by atoms with van der Waals surface area (Å²) in [4.78, 5) is 21.5. The van der Waals surface area contributed by atoms with Gasteiger partial charge in [0, 0.05) is 0 Å². The topological polar surface area (TPSA) is 49.7 Å². The van der Waals surface area contributed by atoms with Crippen molar-refractivity contribution in [1.29, 1.82) is 0 Å². The molecule has 0 fully saturated rings. The Bertz CT molecular complexity index is 337. The molecule has 1 amide bonds. The van der Waals surface area contributed by atoms with Crippen molar-refractivity contribution < 1.29 is 4.79 Å². The van der Waals surface area contributed by atoms with Crippen molar-refractivity contribution in [3.8, 4) is 0 Å². The number of alkyl halides is 1. The van der Waals surface area contributed by atoms with Gasteiger partial charge in [0.15, 0.2) is 0 Å². The van der Waals surface area contributed by atoms with Crippen LogP contribution in [0.2, 0.25) is 0 Å². The summed E-state index contributed by atoms with van der Waals surface area (Å²) in [7, 11) is 0. The van der Waals surface area contributed by atoms with Crippen LogP contribution in [0.3, 0.4) is 0 Å². The van der Waals surface area contributed by atoms with Crippen LogP contribution in [0.25, 0.3) is 0 Å². The molecule has 0 N–H and O–H groups in total. The largest absolute Gasteiger partial charge is 0.271 e. The van der Waals surface area contributed by atoms with Crippen molar-refractivity contribution in [2.75, 3.05) is 10.9 Å². The molecule has 0 bridgehead atoms. The summed E-state index contributed by atoms with van der Waals surface area (Å²) in [6, 6.07) is 6.85. The number of nitroso groups, excluding NO2 is 1. The summed E-state index contributed by atoms with van der Waals surface area (Å²) < 4.78 is 0. The van der Waals surface area contributed by atoms with Gasteiger partial charge in [0.1, 0.15) is 5.88 Å². The second-order valence-corrected chi connectivity index (χ2v) is 3.02. The predicted octanol–water partition coefficient (Wildman–Crippen LogP) is 2.25. The Morgan fingerprint density at radius 1 is 1.43 bits per heavy atom. The second-order valence-electron chi connectivity index (χ2n) is 2.76. The zero-order valence-electron chi connectivity index (χ0n) is 7.61. The first-order valence-electron chi connectivity index (χ1n) is 3.98. The Labute approximate surface area is 86.4 Å². The van der Waals surface area contributed by atoms with E-state index < -0.39 is 5.91 Å². The quantitative estimate of drug-likeness (QED) is 0.438. The Morgan fingerprint density at radius 3 is 2.43 bits per heavy atom. The SMILES string of the molecule is Cc1ccc(N(N=O)C(=O)CCl)cc1.